The Morgan fingerprint density at radius 2 is 2.00 bits per heavy atom. The maximum atomic E-state index is 12.5. The molecule has 0 bridgehead atoms. The highest BCUT2D eigenvalue weighted by atomic mass is 32.1. The Hall–Kier alpha value is -0.910. The number of hydrogen-bond donors (Lipinski definition) is 0. The number of ketones is 1. The average molecular weight is 291 g/mol. The number of nitrogens with zero attached hydrogens (tertiary/aromatic N) is 1. The molecule has 1 aliphatic rings. The van der Waals surface area contributed by atoms with Crippen molar-refractivity contribution >= 4 is 17.1 Å². The molecule has 6 heteroatoms. The lowest BCUT2D eigenvalue weighted by Crippen LogP contribution is -2.30. The summed E-state index contributed by atoms with van der Waals surface area (Å²) in [5, 5.41) is 2.75. The molecule has 1 aromatic rings. The summed E-state index contributed by atoms with van der Waals surface area (Å²) < 4.78 is 37.6. The van der Waals surface area contributed by atoms with Gasteiger partial charge in [-0.25, -0.2) is 4.98 Å². The number of alkyl halides is 3. The summed E-state index contributed by atoms with van der Waals surface area (Å²) >= 11 is 1.48. The molecular weight excluding hydrogens is 275 g/mol. The van der Waals surface area contributed by atoms with Gasteiger partial charge >= 0.3 is 6.18 Å². The molecule has 1 heterocycles. The van der Waals surface area contributed by atoms with Crippen LogP contribution in [0.1, 0.15) is 36.4 Å². The minimum absolute atomic E-state index is 0.0333. The summed E-state index contributed by atoms with van der Waals surface area (Å²) in [4.78, 5) is 16.2. The second-order valence-electron chi connectivity index (χ2n) is 5.09. The lowest BCUT2D eigenvalue weighted by Gasteiger charge is -2.28. The van der Waals surface area contributed by atoms with E-state index in [2.05, 4.69) is 4.98 Å². The fourth-order valence-corrected chi connectivity index (χ4v) is 3.17. The first-order valence-electron chi connectivity index (χ1n) is 6.36. The van der Waals surface area contributed by atoms with Crippen molar-refractivity contribution in [2.24, 2.45) is 11.8 Å². The third-order valence-corrected chi connectivity index (χ3v) is 4.49. The predicted octanol–water partition coefficient (Wildman–Crippen LogP) is 3.93. The van der Waals surface area contributed by atoms with Gasteiger partial charge in [0.2, 0.25) is 0 Å². The third kappa shape index (κ3) is 3.78. The molecule has 19 heavy (non-hydrogen) atoms. The van der Waals surface area contributed by atoms with Crippen LogP contribution < -0.4 is 0 Å². The normalized spacial score (nSPS) is 24.4. The number of carbonyl (C=O) groups is 1. The molecule has 1 aromatic heterocycles. The molecule has 0 aromatic carbocycles. The first-order valence-corrected chi connectivity index (χ1v) is 7.24. The van der Waals surface area contributed by atoms with Crippen LogP contribution in [-0.2, 0) is 11.2 Å². The molecule has 1 saturated carbocycles. The van der Waals surface area contributed by atoms with Gasteiger partial charge in [0.15, 0.2) is 0 Å². The standard InChI is InChI=1S/C13H16F3NOS/c1-8-17-11(7-19-8)6-12(18)9-2-4-10(5-3-9)13(14,15)16/h7,9-10H,2-6H2,1H3. The Morgan fingerprint density at radius 1 is 1.37 bits per heavy atom. The van der Waals surface area contributed by atoms with Crippen LogP contribution in [0, 0.1) is 18.8 Å². The van der Waals surface area contributed by atoms with Gasteiger partial charge < -0.3 is 0 Å². The lowest BCUT2D eigenvalue weighted by atomic mass is 9.79. The fraction of sp³-hybridized carbons (Fsp3) is 0.692. The minimum atomic E-state index is -4.11. The fourth-order valence-electron chi connectivity index (χ4n) is 2.55. The number of halogens is 3. The maximum Gasteiger partial charge on any atom is 0.391 e. The van der Waals surface area contributed by atoms with E-state index < -0.39 is 12.1 Å². The summed E-state index contributed by atoms with van der Waals surface area (Å²) in [6, 6.07) is 0. The molecule has 0 aliphatic heterocycles. The molecular formula is C13H16F3NOS. The molecule has 2 rings (SSSR count). The van der Waals surface area contributed by atoms with E-state index in [1.165, 1.54) is 11.3 Å². The van der Waals surface area contributed by atoms with E-state index in [9.17, 15) is 18.0 Å². The topological polar surface area (TPSA) is 30.0 Å². The van der Waals surface area contributed by atoms with Crippen molar-refractivity contribution in [2.75, 3.05) is 0 Å². The number of Topliss-reactive ketones (excluding diaryl/α,β-unsaturated/α-hetero) is 1. The van der Waals surface area contributed by atoms with Crippen LogP contribution in [0.25, 0.3) is 0 Å². The van der Waals surface area contributed by atoms with Gasteiger partial charge in [-0.15, -0.1) is 11.3 Å². The molecule has 1 aliphatic carbocycles. The van der Waals surface area contributed by atoms with Crippen molar-refractivity contribution in [1.82, 2.24) is 4.98 Å². The average Bonchev–Trinajstić information content (AvgIpc) is 2.74. The highest BCUT2D eigenvalue weighted by molar-refractivity contribution is 7.09. The molecule has 0 spiro atoms. The van der Waals surface area contributed by atoms with E-state index in [-0.39, 0.29) is 31.0 Å². The van der Waals surface area contributed by atoms with E-state index in [0.717, 1.165) is 10.7 Å². The number of rotatable bonds is 3. The first-order chi connectivity index (χ1) is 8.86. The summed E-state index contributed by atoms with van der Waals surface area (Å²) in [7, 11) is 0. The summed E-state index contributed by atoms with van der Waals surface area (Å²) in [5.41, 5.74) is 0.741. The summed E-state index contributed by atoms with van der Waals surface area (Å²) in [6.45, 7) is 1.87. The van der Waals surface area contributed by atoms with Crippen LogP contribution in [0.5, 0.6) is 0 Å². The Bertz CT molecular complexity index is 447. The molecule has 0 atom stereocenters. The Kier molecular flexibility index (Phi) is 4.28. The monoisotopic (exact) mass is 291 g/mol. The molecule has 0 unspecified atom stereocenters. The van der Waals surface area contributed by atoms with E-state index in [1.807, 2.05) is 12.3 Å². The Labute approximate surface area is 114 Å². The van der Waals surface area contributed by atoms with Crippen LogP contribution in [0.2, 0.25) is 0 Å². The molecule has 0 saturated heterocycles. The van der Waals surface area contributed by atoms with Gasteiger partial charge in [-0.1, -0.05) is 0 Å². The largest absolute Gasteiger partial charge is 0.391 e. The number of thiazole rings is 1. The quantitative estimate of drug-likeness (QED) is 0.844. The van der Waals surface area contributed by atoms with Crippen molar-refractivity contribution in [3.63, 3.8) is 0 Å². The van der Waals surface area contributed by atoms with Gasteiger partial charge in [-0.2, -0.15) is 13.2 Å². The van der Waals surface area contributed by atoms with Gasteiger partial charge in [0.1, 0.15) is 5.78 Å². The van der Waals surface area contributed by atoms with Crippen LogP contribution in [0.3, 0.4) is 0 Å². The van der Waals surface area contributed by atoms with Gasteiger partial charge in [0.25, 0.3) is 0 Å². The third-order valence-electron chi connectivity index (χ3n) is 3.67. The SMILES string of the molecule is Cc1nc(CC(=O)C2CCC(C(F)(F)F)CC2)cs1. The molecule has 0 amide bonds. The van der Waals surface area contributed by atoms with Crippen LogP contribution in [0.15, 0.2) is 5.38 Å². The van der Waals surface area contributed by atoms with Crippen molar-refractivity contribution in [3.8, 4) is 0 Å². The number of carbonyl (C=O) groups excluding carboxylic acids is 1. The summed E-state index contributed by atoms with van der Waals surface area (Å²) in [6.07, 6.45) is -2.99. The predicted molar refractivity (Wildman–Crippen MR) is 67.1 cm³/mol. The maximum absolute atomic E-state index is 12.5. The van der Waals surface area contributed by atoms with E-state index in [1.54, 1.807) is 0 Å². The number of aryl methyl sites for hydroxylation is 1. The van der Waals surface area contributed by atoms with E-state index in [0.29, 0.717) is 12.8 Å². The van der Waals surface area contributed by atoms with Gasteiger partial charge in [0.05, 0.1) is 16.6 Å². The van der Waals surface area contributed by atoms with Crippen molar-refractivity contribution in [3.05, 3.63) is 16.1 Å². The van der Waals surface area contributed by atoms with Crippen molar-refractivity contribution < 1.29 is 18.0 Å². The number of hydrogen-bond acceptors (Lipinski definition) is 3. The lowest BCUT2D eigenvalue weighted by molar-refractivity contribution is -0.184. The van der Waals surface area contributed by atoms with E-state index in [4.69, 9.17) is 0 Å². The molecule has 0 radical (unpaired) electrons. The minimum Gasteiger partial charge on any atom is -0.299 e. The molecule has 2 nitrogen and oxygen atoms in total. The smallest absolute Gasteiger partial charge is 0.299 e. The summed E-state index contributed by atoms with van der Waals surface area (Å²) in [5.74, 6) is -1.41. The second-order valence-corrected chi connectivity index (χ2v) is 6.15. The van der Waals surface area contributed by atoms with Gasteiger partial charge in [-0.3, -0.25) is 4.79 Å². The second kappa shape index (κ2) is 5.61. The van der Waals surface area contributed by atoms with Gasteiger partial charge in [-0.05, 0) is 32.6 Å². The molecule has 1 fully saturated rings. The van der Waals surface area contributed by atoms with Crippen LogP contribution >= 0.6 is 11.3 Å². The Morgan fingerprint density at radius 3 is 2.47 bits per heavy atom. The number of aromatic nitrogens is 1. The Balaban J connectivity index is 1.86. The zero-order valence-electron chi connectivity index (χ0n) is 10.7. The molecule has 0 N–H and O–H groups in total. The van der Waals surface area contributed by atoms with E-state index >= 15 is 0 Å². The van der Waals surface area contributed by atoms with Crippen molar-refractivity contribution in [1.29, 1.82) is 0 Å². The van der Waals surface area contributed by atoms with Gasteiger partial charge in [0, 0.05) is 17.7 Å². The highest BCUT2D eigenvalue weighted by Gasteiger charge is 2.42. The highest BCUT2D eigenvalue weighted by Crippen LogP contribution is 2.39. The zero-order valence-corrected chi connectivity index (χ0v) is 11.5. The molecule has 106 valence electrons. The van der Waals surface area contributed by atoms with Crippen LogP contribution in [0.4, 0.5) is 13.2 Å². The van der Waals surface area contributed by atoms with Crippen LogP contribution in [-0.4, -0.2) is 16.9 Å². The van der Waals surface area contributed by atoms with Crippen molar-refractivity contribution in [2.45, 2.75) is 45.2 Å². The zero-order chi connectivity index (χ0) is 14.0. The first kappa shape index (κ1) is 14.5.